The summed E-state index contributed by atoms with van der Waals surface area (Å²) >= 11 is 5.06. The number of aromatic nitrogens is 20. The number of hydrogen-bond donors (Lipinski definition) is 5. The highest BCUT2D eigenvalue weighted by Gasteiger charge is 2.29. The number of H-pyrrole nitrogens is 1. The maximum absolute atomic E-state index is 12.9. The lowest BCUT2D eigenvalue weighted by molar-refractivity contribution is 0.0214. The first kappa shape index (κ1) is 94.3. The van der Waals surface area contributed by atoms with E-state index in [-0.39, 0.29) is 59.2 Å². The summed E-state index contributed by atoms with van der Waals surface area (Å²) in [6.45, 7) is 25.2. The van der Waals surface area contributed by atoms with Crippen LogP contribution in [0.3, 0.4) is 0 Å². The molecule has 0 saturated carbocycles. The zero-order valence-corrected chi connectivity index (χ0v) is 77.1. The minimum Gasteiger partial charge on any atom is -0.444 e. The number of rotatable bonds is 13. The first-order chi connectivity index (χ1) is 59.7. The lowest BCUT2D eigenvalue weighted by Crippen LogP contribution is -2.39. The Labute approximate surface area is 760 Å². The van der Waals surface area contributed by atoms with Crippen molar-refractivity contribution in [3.8, 4) is 17.5 Å². The summed E-state index contributed by atoms with van der Waals surface area (Å²) in [5.74, 6) is 2.73. The summed E-state index contributed by atoms with van der Waals surface area (Å²) in [6.07, 6.45) is 19.0. The van der Waals surface area contributed by atoms with Gasteiger partial charge in [0.05, 0.1) is 0 Å². The molecule has 18 rings (SSSR count). The Balaban J connectivity index is 0.000000154. The van der Waals surface area contributed by atoms with E-state index in [9.17, 15) is 28.8 Å². The number of anilines is 5. The molecule has 658 valence electrons. The quantitative estimate of drug-likeness (QED) is 0.0235. The van der Waals surface area contributed by atoms with E-state index in [0.717, 1.165) is 64.2 Å². The third-order valence-corrected chi connectivity index (χ3v) is 21.4. The summed E-state index contributed by atoms with van der Waals surface area (Å²) < 4.78 is 23.5. The number of halogens is 3. The highest BCUT2D eigenvalue weighted by Crippen LogP contribution is 2.29. The van der Waals surface area contributed by atoms with Crippen molar-refractivity contribution < 1.29 is 19.1 Å². The van der Waals surface area contributed by atoms with Crippen molar-refractivity contribution in [3.63, 3.8) is 0 Å². The molecule has 0 radical (unpaired) electrons. The number of benzene rings is 3. The van der Waals surface area contributed by atoms with Crippen molar-refractivity contribution in [3.05, 3.63) is 255 Å². The van der Waals surface area contributed by atoms with E-state index in [4.69, 9.17) is 15.2 Å². The van der Waals surface area contributed by atoms with Gasteiger partial charge in [-0.3, -0.25) is 33.9 Å². The Hall–Kier alpha value is -12.4. The third-order valence-electron chi connectivity index (χ3n) is 19.7. The molecule has 15 aromatic rings. The number of nitrogen functional groups attached to an aromatic ring is 1. The largest absolute Gasteiger partial charge is 0.444 e. The van der Waals surface area contributed by atoms with E-state index in [1.54, 1.807) is 87.5 Å². The smallest absolute Gasteiger partial charge is 0.410 e. The van der Waals surface area contributed by atoms with Gasteiger partial charge in [-0.2, -0.15) is 9.97 Å². The number of nitrogens with zero attached hydrogens (tertiary/aromatic N) is 21. The summed E-state index contributed by atoms with van der Waals surface area (Å²) in [7, 11) is 0. The number of carbonyl (C=O) groups excluding carboxylic acids is 2. The Bertz CT molecular complexity index is 6560. The van der Waals surface area contributed by atoms with Crippen LogP contribution >= 0.6 is 70.9 Å². The predicted molar refractivity (Wildman–Crippen MR) is 505 cm³/mol. The van der Waals surface area contributed by atoms with Crippen molar-refractivity contribution in [2.45, 2.75) is 156 Å². The lowest BCUT2D eigenvalue weighted by atomic mass is 9.99. The Kier molecular flexibility index (Phi) is 31.8. The van der Waals surface area contributed by atoms with Gasteiger partial charge in [0.25, 0.3) is 22.2 Å². The van der Waals surface area contributed by atoms with Crippen molar-refractivity contribution in [1.29, 1.82) is 0 Å². The van der Waals surface area contributed by atoms with Gasteiger partial charge < -0.3 is 41.0 Å². The van der Waals surface area contributed by atoms with E-state index >= 15 is 0 Å². The number of ether oxygens (including phenoxy) is 2. The van der Waals surface area contributed by atoms with Gasteiger partial charge in [0.1, 0.15) is 36.4 Å². The normalized spacial score (nSPS) is 12.6. The van der Waals surface area contributed by atoms with Crippen LogP contribution < -0.4 is 43.9 Å². The van der Waals surface area contributed by atoms with Crippen LogP contribution in [0.2, 0.25) is 0 Å². The standard InChI is InChI=1S/C26H29N7O3.C21H21N7O.C14H20N2O2.C13H13N5OS.C8H10N4OS.C5H4IN.2ClH/c1-5-32-23(34)20-15-28-24(30-22(20)33(32)21-8-6-7-12-27-21)29-19-10-9-17-11-13-31(16-18(17)14-19)25(35)36-26(2,3)4;1-2-27-20(29)17-13-24-21(26-19(17)28(27)18-5-3-4-9-23-18)25-16-7-6-14-8-10-22-12-15(14)11-16;1-14(2,3)18-13(17)16-7-6-10-4-5-12(15)8-11(10)9-16;1-3-17-12(19)9-8-15-13(20-2)16-11(9)18(17)10-6-4-5-7-14-10;1-3-12-7(13)5-4-9-8(14-2)10-6(5)11-12;6-5-3-1-2-4-7-5;;/h6-10,12,14-15H,5,11,13,16H2,1-4H3,(H,28,29,30);3-7,9,11,13,22H,2,8,10,12H2,1H3,(H,24,25,26);4-5,8H,6-7,9,15H2,1-3H3;4-8H,3H2,1-2H3;4H,3H2,1-2H3,(H,9,10,11);1-4H;2*1H. The number of aryl methyl sites for hydroxylation is 1. The molecule has 0 fully saturated rings. The number of nitrogens with one attached hydrogen (secondary N) is 4. The zero-order valence-electron chi connectivity index (χ0n) is 71.7. The topological polar surface area (TPSA) is 394 Å². The van der Waals surface area contributed by atoms with E-state index in [1.807, 2.05) is 191 Å². The average Bonchev–Trinajstić information content (AvgIpc) is 1.62. The fraction of sp³-hybridized carbons (Fsp3) is 0.310. The van der Waals surface area contributed by atoms with E-state index < -0.39 is 11.2 Å². The molecule has 34 nitrogen and oxygen atoms in total. The summed E-state index contributed by atoms with van der Waals surface area (Å²) in [6, 6.07) is 40.7. The highest BCUT2D eigenvalue weighted by atomic mass is 127. The van der Waals surface area contributed by atoms with Gasteiger partial charge in [-0.15, -0.1) is 24.8 Å². The second kappa shape index (κ2) is 42.5. The molecule has 3 aromatic carbocycles. The van der Waals surface area contributed by atoms with Crippen LogP contribution in [0.15, 0.2) is 206 Å². The van der Waals surface area contributed by atoms with Crippen molar-refractivity contribution in [2.75, 3.05) is 48.5 Å². The number of aromatic amines is 1. The molecule has 12 aromatic heterocycles. The fourth-order valence-corrected chi connectivity index (χ4v) is 14.9. The van der Waals surface area contributed by atoms with Crippen LogP contribution in [-0.4, -0.2) is 163 Å². The molecular formula is C87H99Cl2IN26O8S2. The molecule has 39 heteroatoms. The molecule has 0 saturated heterocycles. The molecule has 0 bridgehead atoms. The van der Waals surface area contributed by atoms with Gasteiger partial charge in [0.2, 0.25) is 11.9 Å². The van der Waals surface area contributed by atoms with E-state index in [2.05, 4.69) is 122 Å². The number of fused-ring (bicyclic) bond motifs is 7. The molecule has 0 unspecified atom stereocenters. The third kappa shape index (κ3) is 22.6. The number of pyridine rings is 4. The Morgan fingerprint density at radius 2 is 0.881 bits per heavy atom. The monoisotopic (exact) mass is 1900 g/mol. The van der Waals surface area contributed by atoms with Crippen LogP contribution in [0.4, 0.5) is 38.5 Å². The molecule has 2 amide bonds. The highest BCUT2D eigenvalue weighted by molar-refractivity contribution is 14.1. The lowest BCUT2D eigenvalue weighted by Gasteiger charge is -2.31. The van der Waals surface area contributed by atoms with Gasteiger partial charge in [0, 0.05) is 126 Å². The molecule has 15 heterocycles. The molecule has 0 atom stereocenters. The van der Waals surface area contributed by atoms with Crippen molar-refractivity contribution >= 4 is 156 Å². The fourth-order valence-electron chi connectivity index (χ4n) is 13.9. The minimum absolute atomic E-state index is 0. The Morgan fingerprint density at radius 3 is 1.29 bits per heavy atom. The van der Waals surface area contributed by atoms with Gasteiger partial charge in [-0.1, -0.05) is 66.0 Å². The SMILES string of the molecule is CC(C)(C)OC(=O)N1CCc2ccc(N)cc2C1.CCn1[nH]c2nc(SC)ncc2c1=O.CCn1c(=O)c2cnc(Nc3ccc4c(c3)CN(C(=O)OC(C)(C)C)CC4)nc2n1-c1ccccn1.CCn1c(=O)c2cnc(Nc3ccc4c(c3)CNCC4)nc2n1-c1ccccn1.CCn1c(=O)c2cnc(SC)nc2n1-c1ccccn1.Cl.Cl.Ic1ccccn1. The van der Waals surface area contributed by atoms with Gasteiger partial charge >= 0.3 is 12.2 Å². The van der Waals surface area contributed by atoms with E-state index in [1.165, 1.54) is 50.5 Å². The molecule has 3 aliphatic heterocycles. The number of thioether (sulfide) groups is 2. The summed E-state index contributed by atoms with van der Waals surface area (Å²) in [5.41, 5.74) is 16.3. The predicted octanol–water partition coefficient (Wildman–Crippen LogP) is 14.1. The number of carbonyl (C=O) groups is 2. The molecule has 6 N–H and O–H groups in total. The minimum atomic E-state index is -0.538. The van der Waals surface area contributed by atoms with Crippen LogP contribution in [-0.2, 0) is 74.5 Å². The second-order valence-corrected chi connectivity index (χ2v) is 33.1. The summed E-state index contributed by atoms with van der Waals surface area (Å²) in [4.78, 5) is 130. The first-order valence-corrected chi connectivity index (χ1v) is 43.9. The molecular weight excluding hydrogens is 1800 g/mol. The zero-order chi connectivity index (χ0) is 87.9. The van der Waals surface area contributed by atoms with Crippen LogP contribution in [0.1, 0.15) is 103 Å². The molecule has 126 heavy (non-hydrogen) atoms. The van der Waals surface area contributed by atoms with E-state index in [0.29, 0.717) is 136 Å². The van der Waals surface area contributed by atoms with Crippen LogP contribution in [0, 0.1) is 3.70 Å². The summed E-state index contributed by atoms with van der Waals surface area (Å²) in [5, 5.41) is 16.1. The number of hydrogen-bond acceptors (Lipinski definition) is 26. The first-order valence-electron chi connectivity index (χ1n) is 40.4. The van der Waals surface area contributed by atoms with Crippen LogP contribution in [0.25, 0.3) is 61.6 Å². The van der Waals surface area contributed by atoms with Crippen molar-refractivity contribution in [2.24, 2.45) is 0 Å². The van der Waals surface area contributed by atoms with Crippen molar-refractivity contribution in [1.82, 2.24) is 113 Å². The van der Waals surface area contributed by atoms with Crippen LogP contribution in [0.5, 0.6) is 0 Å². The maximum atomic E-state index is 12.9. The number of nitrogens with two attached hydrogens (primary N) is 1. The van der Waals surface area contributed by atoms with Gasteiger partial charge in [-0.25, -0.2) is 82.5 Å². The van der Waals surface area contributed by atoms with Gasteiger partial charge in [0.15, 0.2) is 50.4 Å². The molecule has 3 aliphatic rings. The molecule has 0 spiro atoms. The maximum Gasteiger partial charge on any atom is 0.410 e. The number of amides is 2. The van der Waals surface area contributed by atoms with Gasteiger partial charge in [-0.05, 0) is 248 Å². The Morgan fingerprint density at radius 1 is 0.468 bits per heavy atom. The average molecular weight is 1900 g/mol. The molecule has 0 aliphatic carbocycles. The second-order valence-electron chi connectivity index (χ2n) is 30.4.